The second-order valence-corrected chi connectivity index (χ2v) is 4.67. The number of nitrogens with one attached hydrogen (secondary N) is 1. The minimum Gasteiger partial charge on any atom is -0.374 e. The van der Waals surface area contributed by atoms with E-state index in [1.54, 1.807) is 0 Å². The Morgan fingerprint density at radius 2 is 2.35 bits per heavy atom. The van der Waals surface area contributed by atoms with Gasteiger partial charge < -0.3 is 15.0 Å². The summed E-state index contributed by atoms with van der Waals surface area (Å²) < 4.78 is 5.78. The molecular formula is C14H22N2O. The Kier molecular flexibility index (Phi) is 4.40. The lowest BCUT2D eigenvalue weighted by Crippen LogP contribution is -2.43. The molecule has 0 bridgehead atoms. The first-order chi connectivity index (χ1) is 8.29. The van der Waals surface area contributed by atoms with Gasteiger partial charge in [-0.3, -0.25) is 0 Å². The van der Waals surface area contributed by atoms with Crippen LogP contribution in [0, 0.1) is 6.92 Å². The molecule has 1 heterocycles. The zero-order chi connectivity index (χ0) is 12.1. The first-order valence-corrected chi connectivity index (χ1v) is 6.37. The molecule has 94 valence electrons. The highest BCUT2D eigenvalue weighted by Gasteiger charge is 2.20. The van der Waals surface area contributed by atoms with Crippen LogP contribution in [-0.4, -0.2) is 39.4 Å². The Labute approximate surface area is 104 Å². The van der Waals surface area contributed by atoms with E-state index in [-0.39, 0.29) is 0 Å². The van der Waals surface area contributed by atoms with Crippen LogP contribution in [0.25, 0.3) is 0 Å². The summed E-state index contributed by atoms with van der Waals surface area (Å²) in [4.78, 5) is 2.43. The third-order valence-corrected chi connectivity index (χ3v) is 3.22. The fraction of sp³-hybridized carbons (Fsp3) is 0.571. The first kappa shape index (κ1) is 12.4. The van der Waals surface area contributed by atoms with Crippen LogP contribution in [0.2, 0.25) is 0 Å². The number of ether oxygens (including phenoxy) is 1. The van der Waals surface area contributed by atoms with Crippen LogP contribution in [0.5, 0.6) is 0 Å². The van der Waals surface area contributed by atoms with E-state index in [9.17, 15) is 0 Å². The van der Waals surface area contributed by atoms with Crippen molar-refractivity contribution < 1.29 is 4.74 Å². The zero-order valence-electron chi connectivity index (χ0n) is 10.8. The predicted molar refractivity (Wildman–Crippen MR) is 71.7 cm³/mol. The van der Waals surface area contributed by atoms with E-state index >= 15 is 0 Å². The van der Waals surface area contributed by atoms with Gasteiger partial charge in [0.05, 0.1) is 12.7 Å². The molecule has 0 radical (unpaired) electrons. The summed E-state index contributed by atoms with van der Waals surface area (Å²) in [5.74, 6) is 0. The molecule has 1 atom stereocenters. The van der Waals surface area contributed by atoms with Gasteiger partial charge in [0.1, 0.15) is 0 Å². The maximum Gasteiger partial charge on any atom is 0.0762 e. The average Bonchev–Trinajstić information content (AvgIpc) is 2.37. The number of aryl methyl sites for hydroxylation is 1. The van der Waals surface area contributed by atoms with Gasteiger partial charge in [-0.2, -0.15) is 0 Å². The molecule has 0 amide bonds. The van der Waals surface area contributed by atoms with E-state index in [1.807, 2.05) is 7.05 Å². The minimum absolute atomic E-state index is 0.358. The van der Waals surface area contributed by atoms with Gasteiger partial charge in [0.15, 0.2) is 0 Å². The summed E-state index contributed by atoms with van der Waals surface area (Å²) in [7, 11) is 1.99. The third kappa shape index (κ3) is 3.45. The highest BCUT2D eigenvalue weighted by molar-refractivity contribution is 5.48. The molecule has 3 heteroatoms. The van der Waals surface area contributed by atoms with Crippen molar-refractivity contribution in [1.82, 2.24) is 5.32 Å². The smallest absolute Gasteiger partial charge is 0.0762 e. The minimum atomic E-state index is 0.358. The van der Waals surface area contributed by atoms with Gasteiger partial charge in [-0.25, -0.2) is 0 Å². The lowest BCUT2D eigenvalue weighted by molar-refractivity contribution is 0.0358. The molecule has 1 saturated heterocycles. The molecular weight excluding hydrogens is 212 g/mol. The standard InChI is InChI=1S/C14H22N2O/c1-12-4-3-5-13(10-12)16-8-9-17-14(11-16)6-7-15-2/h3-5,10,14-15H,6-9,11H2,1-2H3. The van der Waals surface area contributed by atoms with Crippen molar-refractivity contribution in [3.63, 3.8) is 0 Å². The average molecular weight is 234 g/mol. The molecule has 17 heavy (non-hydrogen) atoms. The number of anilines is 1. The van der Waals surface area contributed by atoms with Crippen LogP contribution in [0.15, 0.2) is 24.3 Å². The van der Waals surface area contributed by atoms with E-state index in [0.717, 1.165) is 32.7 Å². The Morgan fingerprint density at radius 1 is 1.47 bits per heavy atom. The van der Waals surface area contributed by atoms with Crippen molar-refractivity contribution in [1.29, 1.82) is 0 Å². The molecule has 1 aliphatic rings. The molecule has 0 saturated carbocycles. The van der Waals surface area contributed by atoms with Crippen molar-refractivity contribution >= 4 is 5.69 Å². The Morgan fingerprint density at radius 3 is 3.12 bits per heavy atom. The topological polar surface area (TPSA) is 24.5 Å². The lowest BCUT2D eigenvalue weighted by atomic mass is 10.1. The lowest BCUT2D eigenvalue weighted by Gasteiger charge is -2.34. The molecule has 1 fully saturated rings. The van der Waals surface area contributed by atoms with Crippen molar-refractivity contribution in [3.05, 3.63) is 29.8 Å². The van der Waals surface area contributed by atoms with E-state index in [4.69, 9.17) is 4.74 Å². The second-order valence-electron chi connectivity index (χ2n) is 4.67. The monoisotopic (exact) mass is 234 g/mol. The SMILES string of the molecule is CNCCC1CN(c2cccc(C)c2)CCO1. The van der Waals surface area contributed by atoms with Crippen molar-refractivity contribution in [2.45, 2.75) is 19.4 Å². The number of hydrogen-bond donors (Lipinski definition) is 1. The van der Waals surface area contributed by atoms with Crippen molar-refractivity contribution in [2.75, 3.05) is 38.2 Å². The molecule has 2 rings (SSSR count). The van der Waals surface area contributed by atoms with Crippen LogP contribution in [0.4, 0.5) is 5.69 Å². The van der Waals surface area contributed by atoms with Gasteiger partial charge in [0.2, 0.25) is 0 Å². The van der Waals surface area contributed by atoms with Gasteiger partial charge in [0, 0.05) is 18.8 Å². The van der Waals surface area contributed by atoms with Crippen LogP contribution in [0.3, 0.4) is 0 Å². The summed E-state index contributed by atoms with van der Waals surface area (Å²) in [6, 6.07) is 8.71. The van der Waals surface area contributed by atoms with Crippen LogP contribution >= 0.6 is 0 Å². The molecule has 3 nitrogen and oxygen atoms in total. The van der Waals surface area contributed by atoms with E-state index in [1.165, 1.54) is 11.3 Å². The molecule has 0 aliphatic carbocycles. The molecule has 1 unspecified atom stereocenters. The largest absolute Gasteiger partial charge is 0.374 e. The summed E-state index contributed by atoms with van der Waals surface area (Å²) in [6.07, 6.45) is 1.44. The van der Waals surface area contributed by atoms with Crippen molar-refractivity contribution in [3.8, 4) is 0 Å². The molecule has 0 spiro atoms. The third-order valence-electron chi connectivity index (χ3n) is 3.22. The molecule has 1 aromatic carbocycles. The fourth-order valence-corrected chi connectivity index (χ4v) is 2.26. The quantitative estimate of drug-likeness (QED) is 0.860. The zero-order valence-corrected chi connectivity index (χ0v) is 10.8. The molecule has 1 aromatic rings. The normalized spacial score (nSPS) is 20.6. The van der Waals surface area contributed by atoms with Gasteiger partial charge in [0.25, 0.3) is 0 Å². The van der Waals surface area contributed by atoms with Gasteiger partial charge in [-0.05, 0) is 44.6 Å². The van der Waals surface area contributed by atoms with Crippen LogP contribution < -0.4 is 10.2 Å². The maximum absolute atomic E-state index is 5.78. The predicted octanol–water partition coefficient (Wildman–Crippen LogP) is 1.81. The number of rotatable bonds is 4. The summed E-state index contributed by atoms with van der Waals surface area (Å²) >= 11 is 0. The molecule has 1 N–H and O–H groups in total. The summed E-state index contributed by atoms with van der Waals surface area (Å²) in [5, 5.41) is 3.18. The second kappa shape index (κ2) is 6.03. The van der Waals surface area contributed by atoms with Gasteiger partial charge >= 0.3 is 0 Å². The van der Waals surface area contributed by atoms with Crippen LogP contribution in [-0.2, 0) is 4.74 Å². The highest BCUT2D eigenvalue weighted by Crippen LogP contribution is 2.19. The van der Waals surface area contributed by atoms with Gasteiger partial charge in [-0.15, -0.1) is 0 Å². The maximum atomic E-state index is 5.78. The molecule has 1 aliphatic heterocycles. The van der Waals surface area contributed by atoms with E-state index in [2.05, 4.69) is 41.4 Å². The number of benzene rings is 1. The summed E-state index contributed by atoms with van der Waals surface area (Å²) in [5.41, 5.74) is 2.64. The Bertz CT molecular complexity index is 354. The Balaban J connectivity index is 1.97. The highest BCUT2D eigenvalue weighted by atomic mass is 16.5. The fourth-order valence-electron chi connectivity index (χ4n) is 2.26. The Hall–Kier alpha value is -1.06. The number of morpholine rings is 1. The van der Waals surface area contributed by atoms with E-state index < -0.39 is 0 Å². The first-order valence-electron chi connectivity index (χ1n) is 6.37. The summed E-state index contributed by atoms with van der Waals surface area (Å²) in [6.45, 7) is 6.00. The van der Waals surface area contributed by atoms with E-state index in [0.29, 0.717) is 6.10 Å². The van der Waals surface area contributed by atoms with Gasteiger partial charge in [-0.1, -0.05) is 12.1 Å². The number of nitrogens with zero attached hydrogens (tertiary/aromatic N) is 1. The van der Waals surface area contributed by atoms with Crippen molar-refractivity contribution in [2.24, 2.45) is 0 Å². The van der Waals surface area contributed by atoms with Crippen LogP contribution in [0.1, 0.15) is 12.0 Å². The molecule has 0 aromatic heterocycles. The number of hydrogen-bond acceptors (Lipinski definition) is 3.